The Kier molecular flexibility index (Phi) is 4.59. The molecule has 3 rings (SSSR count). The van der Waals surface area contributed by atoms with E-state index in [1.54, 1.807) is 19.1 Å². The Morgan fingerprint density at radius 2 is 2.08 bits per heavy atom. The second kappa shape index (κ2) is 6.66. The number of halogens is 1. The zero-order valence-electron chi connectivity index (χ0n) is 12.9. The number of hydrogen-bond donors (Lipinski definition) is 1. The minimum atomic E-state index is -1.09. The molecule has 24 heavy (non-hydrogen) atoms. The molecule has 1 aliphatic heterocycles. The third-order valence-electron chi connectivity index (χ3n) is 3.76. The van der Waals surface area contributed by atoms with E-state index in [0.29, 0.717) is 27.7 Å². The van der Waals surface area contributed by atoms with E-state index in [0.717, 1.165) is 0 Å². The zero-order chi connectivity index (χ0) is 17.3. The summed E-state index contributed by atoms with van der Waals surface area (Å²) in [4.78, 5) is 30.1. The van der Waals surface area contributed by atoms with Gasteiger partial charge in [0.2, 0.25) is 0 Å². The van der Waals surface area contributed by atoms with Gasteiger partial charge in [0, 0.05) is 12.1 Å². The predicted octanol–water partition coefficient (Wildman–Crippen LogP) is 2.18. The first-order chi connectivity index (χ1) is 11.5. The Bertz CT molecular complexity index is 775. The average molecular weight is 350 g/mol. The molecule has 8 heteroatoms. The fourth-order valence-corrected chi connectivity index (χ4v) is 3.52. The molecule has 1 N–H and O–H groups in total. The predicted molar refractivity (Wildman–Crippen MR) is 85.5 cm³/mol. The number of carbonyl (C=O) groups excluding carboxylic acids is 1. The van der Waals surface area contributed by atoms with Crippen LogP contribution in [-0.4, -0.2) is 52.7 Å². The quantitative estimate of drug-likeness (QED) is 0.918. The van der Waals surface area contributed by atoms with Gasteiger partial charge in [0.05, 0.1) is 18.9 Å². The van der Waals surface area contributed by atoms with Crippen LogP contribution in [0.2, 0.25) is 0 Å². The summed E-state index contributed by atoms with van der Waals surface area (Å²) in [6.45, 7) is 2.20. The van der Waals surface area contributed by atoms with E-state index in [9.17, 15) is 19.1 Å². The van der Waals surface area contributed by atoms with Crippen LogP contribution in [-0.2, 0) is 9.53 Å². The van der Waals surface area contributed by atoms with E-state index < -0.39 is 12.0 Å². The van der Waals surface area contributed by atoms with Gasteiger partial charge < -0.3 is 14.7 Å². The molecule has 1 saturated heterocycles. The van der Waals surface area contributed by atoms with Crippen LogP contribution in [0.1, 0.15) is 15.4 Å². The zero-order valence-corrected chi connectivity index (χ0v) is 13.7. The first-order valence-corrected chi connectivity index (χ1v) is 8.14. The largest absolute Gasteiger partial charge is 0.480 e. The lowest BCUT2D eigenvalue weighted by Gasteiger charge is -2.32. The first kappa shape index (κ1) is 16.5. The Balaban J connectivity index is 1.90. The maximum Gasteiger partial charge on any atom is 0.328 e. The van der Waals surface area contributed by atoms with Crippen LogP contribution in [0.5, 0.6) is 0 Å². The van der Waals surface area contributed by atoms with Crippen LogP contribution in [0, 0.1) is 12.7 Å². The van der Waals surface area contributed by atoms with Gasteiger partial charge in [-0.2, -0.15) is 0 Å². The topological polar surface area (TPSA) is 79.7 Å². The highest BCUT2D eigenvalue weighted by molar-refractivity contribution is 7.17. The van der Waals surface area contributed by atoms with Gasteiger partial charge in [-0.3, -0.25) is 4.79 Å². The number of carbonyl (C=O) groups is 2. The summed E-state index contributed by atoms with van der Waals surface area (Å²) in [7, 11) is 0. The Morgan fingerprint density at radius 1 is 1.38 bits per heavy atom. The Hall–Kier alpha value is -2.32. The molecule has 1 aliphatic rings. The first-order valence-electron chi connectivity index (χ1n) is 7.32. The number of carboxylic acids is 1. The van der Waals surface area contributed by atoms with Crippen molar-refractivity contribution < 1.29 is 23.8 Å². The standard InChI is InChI=1S/C16H15FN2O4S/c1-9-13(15(20)19-6-7-23-8-12(19)16(21)22)24-14(18-9)10-2-4-11(17)5-3-10/h2-5,12H,6-8H2,1H3,(H,21,22). The highest BCUT2D eigenvalue weighted by atomic mass is 32.1. The smallest absolute Gasteiger partial charge is 0.328 e. The normalized spacial score (nSPS) is 17.8. The number of benzene rings is 1. The molecule has 1 aromatic heterocycles. The number of carboxylic acid groups (broad SMARTS) is 1. The number of aryl methyl sites for hydroxylation is 1. The molecule has 2 aromatic rings. The van der Waals surface area contributed by atoms with E-state index in [4.69, 9.17) is 4.74 Å². The number of rotatable bonds is 3. The monoisotopic (exact) mass is 350 g/mol. The lowest BCUT2D eigenvalue weighted by atomic mass is 10.2. The van der Waals surface area contributed by atoms with Crippen molar-refractivity contribution in [1.29, 1.82) is 0 Å². The van der Waals surface area contributed by atoms with Crippen LogP contribution in [0.3, 0.4) is 0 Å². The van der Waals surface area contributed by atoms with Crippen molar-refractivity contribution in [2.75, 3.05) is 19.8 Å². The molecule has 6 nitrogen and oxygen atoms in total. The number of aromatic nitrogens is 1. The van der Waals surface area contributed by atoms with E-state index in [2.05, 4.69) is 4.98 Å². The molecule has 0 bridgehead atoms. The molecule has 1 atom stereocenters. The van der Waals surface area contributed by atoms with Crippen molar-refractivity contribution in [3.05, 3.63) is 40.7 Å². The molecular formula is C16H15FN2O4S. The van der Waals surface area contributed by atoms with Crippen molar-refractivity contribution >= 4 is 23.2 Å². The lowest BCUT2D eigenvalue weighted by Crippen LogP contribution is -2.52. The third-order valence-corrected chi connectivity index (χ3v) is 4.95. The van der Waals surface area contributed by atoms with Gasteiger partial charge >= 0.3 is 5.97 Å². The van der Waals surface area contributed by atoms with Gasteiger partial charge in [0.25, 0.3) is 5.91 Å². The summed E-state index contributed by atoms with van der Waals surface area (Å²) in [6, 6.07) is 4.85. The summed E-state index contributed by atoms with van der Waals surface area (Å²) < 4.78 is 18.2. The summed E-state index contributed by atoms with van der Waals surface area (Å²) in [6.07, 6.45) is 0. The second-order valence-corrected chi connectivity index (χ2v) is 6.37. The molecule has 0 aliphatic carbocycles. The summed E-state index contributed by atoms with van der Waals surface area (Å²) in [5.41, 5.74) is 1.24. The van der Waals surface area contributed by atoms with Crippen molar-refractivity contribution in [3.63, 3.8) is 0 Å². The number of hydrogen-bond acceptors (Lipinski definition) is 5. The fourth-order valence-electron chi connectivity index (χ4n) is 2.49. The van der Waals surface area contributed by atoms with Crippen LogP contribution >= 0.6 is 11.3 Å². The highest BCUT2D eigenvalue weighted by Crippen LogP contribution is 2.29. The van der Waals surface area contributed by atoms with Gasteiger partial charge in [-0.05, 0) is 31.2 Å². The molecule has 1 unspecified atom stereocenters. The van der Waals surface area contributed by atoms with Crippen LogP contribution in [0.25, 0.3) is 10.6 Å². The maximum absolute atomic E-state index is 13.0. The summed E-state index contributed by atoms with van der Waals surface area (Å²) in [5.74, 6) is -1.81. The van der Waals surface area contributed by atoms with Gasteiger partial charge in [-0.25, -0.2) is 14.2 Å². The fraction of sp³-hybridized carbons (Fsp3) is 0.312. The molecular weight excluding hydrogens is 335 g/mol. The lowest BCUT2D eigenvalue weighted by molar-refractivity contribution is -0.147. The number of nitrogens with zero attached hydrogens (tertiary/aromatic N) is 2. The maximum atomic E-state index is 13.0. The van der Waals surface area contributed by atoms with E-state index in [-0.39, 0.29) is 24.9 Å². The average Bonchev–Trinajstić information content (AvgIpc) is 2.96. The minimum absolute atomic E-state index is 0.0241. The van der Waals surface area contributed by atoms with Crippen molar-refractivity contribution in [2.24, 2.45) is 0 Å². The molecule has 1 amide bonds. The molecule has 1 aromatic carbocycles. The van der Waals surface area contributed by atoms with Crippen LogP contribution < -0.4 is 0 Å². The van der Waals surface area contributed by atoms with E-state index >= 15 is 0 Å². The molecule has 0 spiro atoms. The SMILES string of the molecule is Cc1nc(-c2ccc(F)cc2)sc1C(=O)N1CCOCC1C(=O)O. The number of thiazole rings is 1. The van der Waals surface area contributed by atoms with Crippen molar-refractivity contribution in [1.82, 2.24) is 9.88 Å². The number of ether oxygens (including phenoxy) is 1. The van der Waals surface area contributed by atoms with Crippen LogP contribution in [0.4, 0.5) is 4.39 Å². The molecule has 1 fully saturated rings. The third kappa shape index (κ3) is 3.15. The molecule has 0 saturated carbocycles. The second-order valence-electron chi connectivity index (χ2n) is 5.37. The molecule has 2 heterocycles. The van der Waals surface area contributed by atoms with Gasteiger partial charge in [-0.15, -0.1) is 11.3 Å². The molecule has 126 valence electrons. The van der Waals surface area contributed by atoms with Gasteiger partial charge in [0.15, 0.2) is 6.04 Å². The van der Waals surface area contributed by atoms with Crippen LogP contribution in [0.15, 0.2) is 24.3 Å². The number of morpholine rings is 1. The van der Waals surface area contributed by atoms with Crippen molar-refractivity contribution in [2.45, 2.75) is 13.0 Å². The van der Waals surface area contributed by atoms with E-state index in [1.807, 2.05) is 0 Å². The van der Waals surface area contributed by atoms with Crippen molar-refractivity contribution in [3.8, 4) is 10.6 Å². The summed E-state index contributed by atoms with van der Waals surface area (Å²) in [5, 5.41) is 9.85. The number of aliphatic carboxylic acids is 1. The highest BCUT2D eigenvalue weighted by Gasteiger charge is 2.34. The van der Waals surface area contributed by atoms with Gasteiger partial charge in [0.1, 0.15) is 15.7 Å². The number of amides is 1. The molecule has 0 radical (unpaired) electrons. The van der Waals surface area contributed by atoms with Gasteiger partial charge in [-0.1, -0.05) is 0 Å². The minimum Gasteiger partial charge on any atom is -0.480 e. The summed E-state index contributed by atoms with van der Waals surface area (Å²) >= 11 is 1.18. The van der Waals surface area contributed by atoms with E-state index in [1.165, 1.54) is 28.4 Å². The Morgan fingerprint density at radius 3 is 2.75 bits per heavy atom. The Labute approximate surface area is 141 Å².